The smallest absolute Gasteiger partial charge is 0.356 e. The summed E-state index contributed by atoms with van der Waals surface area (Å²) in [4.78, 5) is 10.1. The molecule has 0 radical (unpaired) electrons. The molecule has 1 atom stereocenters. The molecule has 2 rings (SSSR count). The lowest BCUT2D eigenvalue weighted by molar-refractivity contribution is -0.176. The number of aromatic nitrogens is 2. The Labute approximate surface area is 121 Å². The number of hydrogen-bond acceptors (Lipinski definition) is 3. The van der Waals surface area contributed by atoms with Gasteiger partial charge in [0.2, 0.25) is 0 Å². The molecule has 3 nitrogen and oxygen atoms in total. The number of piperidine rings is 1. The molecule has 2 heterocycles. The van der Waals surface area contributed by atoms with Crippen molar-refractivity contribution in [3.63, 3.8) is 0 Å². The third-order valence-electron chi connectivity index (χ3n) is 3.41. The fourth-order valence-electron chi connectivity index (χ4n) is 2.40. The largest absolute Gasteiger partial charge is 0.393 e. The second kappa shape index (κ2) is 6.16. The Morgan fingerprint density at radius 3 is 2.80 bits per heavy atom. The average Bonchev–Trinajstić information content (AvgIpc) is 2.37. The van der Waals surface area contributed by atoms with Gasteiger partial charge >= 0.3 is 6.18 Å². The molecule has 0 spiro atoms. The second-order valence-electron chi connectivity index (χ2n) is 5.04. The Kier molecular flexibility index (Phi) is 4.73. The lowest BCUT2D eigenvalue weighted by Gasteiger charge is -2.34. The van der Waals surface area contributed by atoms with E-state index in [1.807, 2.05) is 6.92 Å². The first-order chi connectivity index (χ1) is 9.40. The highest BCUT2D eigenvalue weighted by molar-refractivity contribution is 6.29. The van der Waals surface area contributed by atoms with Crippen LogP contribution in [0.1, 0.15) is 32.0 Å². The van der Waals surface area contributed by atoms with Crippen LogP contribution in [-0.2, 0) is 6.42 Å². The topological polar surface area (TPSA) is 29.0 Å². The third kappa shape index (κ3) is 3.75. The Morgan fingerprint density at radius 2 is 2.15 bits per heavy atom. The molecule has 1 unspecified atom stereocenters. The fourth-order valence-corrected chi connectivity index (χ4v) is 2.60. The van der Waals surface area contributed by atoms with Crippen LogP contribution in [0.2, 0.25) is 5.15 Å². The van der Waals surface area contributed by atoms with Crippen LogP contribution in [0.4, 0.5) is 19.0 Å². The van der Waals surface area contributed by atoms with E-state index in [0.29, 0.717) is 31.0 Å². The molecular formula is C13H17ClF3N3. The molecule has 0 aromatic carbocycles. The van der Waals surface area contributed by atoms with Gasteiger partial charge in [0, 0.05) is 25.6 Å². The van der Waals surface area contributed by atoms with Crippen LogP contribution in [0.25, 0.3) is 0 Å². The molecule has 1 aromatic heterocycles. The van der Waals surface area contributed by atoms with Gasteiger partial charge in [-0.25, -0.2) is 9.97 Å². The van der Waals surface area contributed by atoms with Crippen molar-refractivity contribution >= 4 is 17.4 Å². The van der Waals surface area contributed by atoms with Crippen molar-refractivity contribution in [2.24, 2.45) is 5.92 Å². The monoisotopic (exact) mass is 307 g/mol. The first kappa shape index (κ1) is 15.4. The maximum absolute atomic E-state index is 12.8. The minimum atomic E-state index is -4.15. The van der Waals surface area contributed by atoms with E-state index < -0.39 is 12.1 Å². The highest BCUT2D eigenvalue weighted by Crippen LogP contribution is 2.34. The van der Waals surface area contributed by atoms with E-state index >= 15 is 0 Å². The molecule has 7 heteroatoms. The lowest BCUT2D eigenvalue weighted by Crippen LogP contribution is -2.42. The van der Waals surface area contributed by atoms with E-state index in [0.717, 1.165) is 6.42 Å². The number of aryl methyl sites for hydroxylation is 1. The van der Waals surface area contributed by atoms with Gasteiger partial charge in [0.15, 0.2) is 0 Å². The molecule has 0 amide bonds. The van der Waals surface area contributed by atoms with Gasteiger partial charge in [0.25, 0.3) is 0 Å². The van der Waals surface area contributed by atoms with Crippen LogP contribution >= 0.6 is 11.6 Å². The highest BCUT2D eigenvalue weighted by Gasteiger charge is 2.42. The molecule has 1 aromatic rings. The van der Waals surface area contributed by atoms with Crippen LogP contribution in [0.5, 0.6) is 0 Å². The van der Waals surface area contributed by atoms with Gasteiger partial charge in [-0.15, -0.1) is 0 Å². The van der Waals surface area contributed by atoms with Gasteiger partial charge in [-0.1, -0.05) is 18.5 Å². The lowest BCUT2D eigenvalue weighted by atomic mass is 9.97. The first-order valence-electron chi connectivity index (χ1n) is 6.75. The van der Waals surface area contributed by atoms with Gasteiger partial charge in [0.1, 0.15) is 16.8 Å². The zero-order valence-electron chi connectivity index (χ0n) is 11.3. The summed E-state index contributed by atoms with van der Waals surface area (Å²) in [5.74, 6) is -0.203. The molecule has 20 heavy (non-hydrogen) atoms. The van der Waals surface area contributed by atoms with Crippen molar-refractivity contribution in [3.8, 4) is 0 Å². The number of rotatable bonds is 3. The van der Waals surface area contributed by atoms with Crippen molar-refractivity contribution in [1.82, 2.24) is 9.97 Å². The van der Waals surface area contributed by atoms with Gasteiger partial charge in [0.05, 0.1) is 5.92 Å². The minimum absolute atomic E-state index is 0.0532. The Bertz CT molecular complexity index is 465. The average molecular weight is 308 g/mol. The van der Waals surface area contributed by atoms with E-state index in [2.05, 4.69) is 9.97 Å². The highest BCUT2D eigenvalue weighted by atomic mass is 35.5. The molecule has 0 aliphatic carbocycles. The van der Waals surface area contributed by atoms with Crippen molar-refractivity contribution in [2.45, 2.75) is 38.8 Å². The summed E-state index contributed by atoms with van der Waals surface area (Å²) in [5, 5.41) is 0.285. The maximum atomic E-state index is 12.8. The first-order valence-corrected chi connectivity index (χ1v) is 7.13. The van der Waals surface area contributed by atoms with Gasteiger partial charge < -0.3 is 4.90 Å². The van der Waals surface area contributed by atoms with Crippen LogP contribution in [-0.4, -0.2) is 29.2 Å². The Balaban J connectivity index is 2.18. The number of nitrogens with zero attached hydrogens (tertiary/aromatic N) is 3. The molecule has 1 fully saturated rings. The van der Waals surface area contributed by atoms with Crippen molar-refractivity contribution in [2.75, 3.05) is 18.0 Å². The van der Waals surface area contributed by atoms with Crippen LogP contribution in [0, 0.1) is 5.92 Å². The van der Waals surface area contributed by atoms with E-state index in [4.69, 9.17) is 11.6 Å². The van der Waals surface area contributed by atoms with Crippen LogP contribution in [0.15, 0.2) is 6.07 Å². The third-order valence-corrected chi connectivity index (χ3v) is 3.60. The predicted molar refractivity (Wildman–Crippen MR) is 72.0 cm³/mol. The molecule has 1 aliphatic rings. The zero-order valence-corrected chi connectivity index (χ0v) is 12.0. The van der Waals surface area contributed by atoms with Gasteiger partial charge in [-0.05, 0) is 19.3 Å². The molecule has 112 valence electrons. The summed E-state index contributed by atoms with van der Waals surface area (Å²) in [5.41, 5.74) is 0. The number of anilines is 1. The molecule has 0 saturated carbocycles. The minimum Gasteiger partial charge on any atom is -0.356 e. The number of halogens is 4. The molecule has 0 bridgehead atoms. The van der Waals surface area contributed by atoms with E-state index in [9.17, 15) is 13.2 Å². The van der Waals surface area contributed by atoms with Crippen LogP contribution in [0.3, 0.4) is 0 Å². The summed E-state index contributed by atoms with van der Waals surface area (Å²) in [7, 11) is 0. The molecule has 1 saturated heterocycles. The van der Waals surface area contributed by atoms with E-state index in [-0.39, 0.29) is 18.1 Å². The maximum Gasteiger partial charge on any atom is 0.393 e. The standard InChI is InChI=1S/C13H17ClF3N3/c1-2-4-11-18-10(14)7-12(19-11)20-6-3-5-9(8-20)13(15,16)17/h7,9H,2-6,8H2,1H3. The van der Waals surface area contributed by atoms with Crippen molar-refractivity contribution in [1.29, 1.82) is 0 Å². The van der Waals surface area contributed by atoms with E-state index in [1.54, 1.807) is 11.0 Å². The number of hydrogen-bond donors (Lipinski definition) is 0. The quantitative estimate of drug-likeness (QED) is 0.794. The molecular weight excluding hydrogens is 291 g/mol. The predicted octanol–water partition coefficient (Wildman–Crippen LogP) is 3.86. The second-order valence-corrected chi connectivity index (χ2v) is 5.43. The summed E-state index contributed by atoms with van der Waals surface area (Å²) in [6, 6.07) is 1.54. The molecule has 0 N–H and O–H groups in total. The van der Waals surface area contributed by atoms with Gasteiger partial charge in [-0.3, -0.25) is 0 Å². The van der Waals surface area contributed by atoms with Gasteiger partial charge in [-0.2, -0.15) is 13.2 Å². The Morgan fingerprint density at radius 1 is 1.40 bits per heavy atom. The summed E-state index contributed by atoms with van der Waals surface area (Å²) >= 11 is 5.93. The fraction of sp³-hybridized carbons (Fsp3) is 0.692. The summed E-state index contributed by atoms with van der Waals surface area (Å²) < 4.78 is 38.5. The summed E-state index contributed by atoms with van der Waals surface area (Å²) in [6.07, 6.45) is -1.92. The zero-order chi connectivity index (χ0) is 14.8. The van der Waals surface area contributed by atoms with Crippen molar-refractivity contribution < 1.29 is 13.2 Å². The van der Waals surface area contributed by atoms with E-state index in [1.165, 1.54) is 0 Å². The van der Waals surface area contributed by atoms with Crippen molar-refractivity contribution in [3.05, 3.63) is 17.0 Å². The normalized spacial score (nSPS) is 20.2. The van der Waals surface area contributed by atoms with Crippen LogP contribution < -0.4 is 4.90 Å². The molecule has 1 aliphatic heterocycles. The number of alkyl halides is 3. The Hall–Kier alpha value is -1.04. The summed E-state index contributed by atoms with van der Waals surface area (Å²) in [6.45, 7) is 2.51. The SMILES string of the molecule is CCCc1nc(Cl)cc(N2CCCC(C(F)(F)F)C2)n1.